The van der Waals surface area contributed by atoms with E-state index < -0.39 is 0 Å². The molecule has 0 radical (unpaired) electrons. The third kappa shape index (κ3) is 2.77. The molecule has 140 valence electrons. The number of aromatic amines is 1. The van der Waals surface area contributed by atoms with Gasteiger partial charge in [-0.25, -0.2) is 0 Å². The highest BCUT2D eigenvalue weighted by atomic mass is 35.5. The van der Waals surface area contributed by atoms with Crippen molar-refractivity contribution < 1.29 is 9.32 Å². The second-order valence-electron chi connectivity index (χ2n) is 7.06. The number of aryl methyl sites for hydroxylation is 1. The zero-order chi connectivity index (χ0) is 19.3. The molecule has 4 aromatic rings. The average molecular weight is 393 g/mol. The Balaban J connectivity index is 1.44. The molecule has 1 atom stereocenters. The lowest BCUT2D eigenvalue weighted by Crippen LogP contribution is -2.24. The summed E-state index contributed by atoms with van der Waals surface area (Å²) >= 11 is 6.35. The molecule has 7 heteroatoms. The summed E-state index contributed by atoms with van der Waals surface area (Å²) in [7, 11) is 0. The fourth-order valence-electron chi connectivity index (χ4n) is 3.73. The maximum atomic E-state index is 12.6. The molecule has 1 amide bonds. The first-order valence-electron chi connectivity index (χ1n) is 9.07. The van der Waals surface area contributed by atoms with Crippen molar-refractivity contribution >= 4 is 34.1 Å². The number of anilines is 1. The van der Waals surface area contributed by atoms with Crippen LogP contribution in [0.5, 0.6) is 0 Å². The van der Waals surface area contributed by atoms with Gasteiger partial charge in [0.1, 0.15) is 0 Å². The van der Waals surface area contributed by atoms with Crippen LogP contribution in [-0.4, -0.2) is 27.6 Å². The zero-order valence-electron chi connectivity index (χ0n) is 15.1. The van der Waals surface area contributed by atoms with Gasteiger partial charge in [0.25, 0.3) is 5.89 Å². The first-order valence-corrected chi connectivity index (χ1v) is 9.44. The molecule has 2 aromatic heterocycles. The summed E-state index contributed by atoms with van der Waals surface area (Å²) < 4.78 is 5.53. The SMILES string of the molecule is Cc1ccc(N2CC(c3noc(-c4cccc5[nH]ccc45)n3)CC2=O)c(Cl)c1. The molecule has 28 heavy (non-hydrogen) atoms. The van der Waals surface area contributed by atoms with E-state index in [1.165, 1.54) is 0 Å². The van der Waals surface area contributed by atoms with Crippen LogP contribution in [0, 0.1) is 6.92 Å². The molecule has 1 N–H and O–H groups in total. The number of nitrogens with zero attached hydrogens (tertiary/aromatic N) is 3. The van der Waals surface area contributed by atoms with Crippen LogP contribution in [-0.2, 0) is 4.79 Å². The van der Waals surface area contributed by atoms with Crippen molar-refractivity contribution in [1.29, 1.82) is 0 Å². The smallest absolute Gasteiger partial charge is 0.258 e. The van der Waals surface area contributed by atoms with Gasteiger partial charge in [-0.05, 0) is 42.8 Å². The molecular formula is C21H17ClN4O2. The number of hydrogen-bond donors (Lipinski definition) is 1. The second-order valence-corrected chi connectivity index (χ2v) is 7.47. The van der Waals surface area contributed by atoms with Gasteiger partial charge in [-0.1, -0.05) is 28.9 Å². The molecule has 0 spiro atoms. The van der Waals surface area contributed by atoms with E-state index in [0.717, 1.165) is 27.7 Å². The highest BCUT2D eigenvalue weighted by Gasteiger charge is 2.35. The Morgan fingerprint density at radius 1 is 1.25 bits per heavy atom. The number of nitrogens with one attached hydrogen (secondary N) is 1. The van der Waals surface area contributed by atoms with Gasteiger partial charge in [0.15, 0.2) is 5.82 Å². The average Bonchev–Trinajstić information content (AvgIpc) is 3.40. The molecule has 5 rings (SSSR count). The summed E-state index contributed by atoms with van der Waals surface area (Å²) in [5.41, 5.74) is 3.66. The Hall–Kier alpha value is -3.12. The van der Waals surface area contributed by atoms with E-state index in [1.807, 2.05) is 55.6 Å². The minimum Gasteiger partial charge on any atom is -0.361 e. The maximum absolute atomic E-state index is 12.6. The third-order valence-electron chi connectivity index (χ3n) is 5.15. The molecule has 2 aromatic carbocycles. The fourth-order valence-corrected chi connectivity index (χ4v) is 4.06. The quantitative estimate of drug-likeness (QED) is 0.548. The summed E-state index contributed by atoms with van der Waals surface area (Å²) in [6.07, 6.45) is 2.21. The lowest BCUT2D eigenvalue weighted by molar-refractivity contribution is -0.117. The molecule has 3 heterocycles. The van der Waals surface area contributed by atoms with Gasteiger partial charge in [0.05, 0.1) is 10.7 Å². The number of hydrogen-bond acceptors (Lipinski definition) is 4. The normalized spacial score (nSPS) is 17.0. The zero-order valence-corrected chi connectivity index (χ0v) is 15.9. The van der Waals surface area contributed by atoms with Gasteiger partial charge in [0, 0.05) is 41.5 Å². The third-order valence-corrected chi connectivity index (χ3v) is 5.45. The molecule has 6 nitrogen and oxygen atoms in total. The van der Waals surface area contributed by atoms with Gasteiger partial charge in [-0.15, -0.1) is 0 Å². The maximum Gasteiger partial charge on any atom is 0.258 e. The van der Waals surface area contributed by atoms with Crippen molar-refractivity contribution in [3.05, 3.63) is 65.1 Å². The Bertz CT molecular complexity index is 1200. The molecule has 1 unspecified atom stereocenters. The van der Waals surface area contributed by atoms with Gasteiger partial charge in [-0.2, -0.15) is 4.98 Å². The lowest BCUT2D eigenvalue weighted by Gasteiger charge is -2.18. The van der Waals surface area contributed by atoms with E-state index in [4.69, 9.17) is 16.1 Å². The van der Waals surface area contributed by atoms with E-state index >= 15 is 0 Å². The van der Waals surface area contributed by atoms with Crippen LogP contribution in [0.2, 0.25) is 5.02 Å². The van der Waals surface area contributed by atoms with E-state index in [0.29, 0.717) is 29.7 Å². The van der Waals surface area contributed by atoms with Crippen molar-refractivity contribution in [2.24, 2.45) is 0 Å². The Morgan fingerprint density at radius 2 is 2.14 bits per heavy atom. The standard InChI is InChI=1S/C21H17ClN4O2/c1-12-5-6-18(16(22)9-12)26-11-13(10-19(26)27)20-24-21(28-25-20)15-3-2-4-17-14(15)7-8-23-17/h2-9,13,23H,10-11H2,1H3. The number of H-pyrrole nitrogens is 1. The summed E-state index contributed by atoms with van der Waals surface area (Å²) in [6.45, 7) is 2.45. The second kappa shape index (κ2) is 6.49. The minimum atomic E-state index is -0.132. The Labute approximate surface area is 166 Å². The predicted octanol–water partition coefficient (Wildman–Crippen LogP) is 4.70. The number of carbonyl (C=O) groups is 1. The molecule has 1 fully saturated rings. The first-order chi connectivity index (χ1) is 13.6. The van der Waals surface area contributed by atoms with Crippen molar-refractivity contribution in [3.63, 3.8) is 0 Å². The molecule has 0 saturated carbocycles. The van der Waals surface area contributed by atoms with Gasteiger partial charge >= 0.3 is 0 Å². The molecule has 1 aliphatic rings. The van der Waals surface area contributed by atoms with Crippen LogP contribution >= 0.6 is 11.6 Å². The van der Waals surface area contributed by atoms with Gasteiger partial charge < -0.3 is 14.4 Å². The molecule has 1 aliphatic heterocycles. The monoisotopic (exact) mass is 392 g/mol. The van der Waals surface area contributed by atoms with Crippen molar-refractivity contribution in [2.75, 3.05) is 11.4 Å². The molecular weight excluding hydrogens is 376 g/mol. The number of benzene rings is 2. The predicted molar refractivity (Wildman–Crippen MR) is 107 cm³/mol. The number of carbonyl (C=O) groups excluding carboxylic acids is 1. The number of fused-ring (bicyclic) bond motifs is 1. The largest absolute Gasteiger partial charge is 0.361 e. The Morgan fingerprint density at radius 3 is 3.00 bits per heavy atom. The van der Waals surface area contributed by atoms with Crippen LogP contribution in [0.3, 0.4) is 0 Å². The van der Waals surface area contributed by atoms with Gasteiger partial charge in [-0.3, -0.25) is 4.79 Å². The fraction of sp³-hybridized carbons (Fsp3) is 0.190. The number of aromatic nitrogens is 3. The minimum absolute atomic E-state index is 0.00911. The highest BCUT2D eigenvalue weighted by Crippen LogP contribution is 2.36. The summed E-state index contributed by atoms with van der Waals surface area (Å²) in [5.74, 6) is 0.878. The van der Waals surface area contributed by atoms with E-state index in [9.17, 15) is 4.79 Å². The molecule has 0 aliphatic carbocycles. The lowest BCUT2D eigenvalue weighted by atomic mass is 10.1. The van der Waals surface area contributed by atoms with Crippen molar-refractivity contribution in [1.82, 2.24) is 15.1 Å². The van der Waals surface area contributed by atoms with E-state index in [-0.39, 0.29) is 11.8 Å². The number of halogens is 1. The van der Waals surface area contributed by atoms with Crippen LogP contribution in [0.1, 0.15) is 23.7 Å². The van der Waals surface area contributed by atoms with E-state index in [2.05, 4.69) is 15.1 Å². The first kappa shape index (κ1) is 17.0. The highest BCUT2D eigenvalue weighted by molar-refractivity contribution is 6.34. The van der Waals surface area contributed by atoms with Gasteiger partial charge in [0.2, 0.25) is 5.91 Å². The van der Waals surface area contributed by atoms with Crippen molar-refractivity contribution in [3.8, 4) is 11.5 Å². The Kier molecular flexibility index (Phi) is 3.94. The van der Waals surface area contributed by atoms with Crippen LogP contribution < -0.4 is 4.90 Å². The summed E-state index contributed by atoms with van der Waals surface area (Å²) in [4.78, 5) is 22.1. The summed E-state index contributed by atoms with van der Waals surface area (Å²) in [6, 6.07) is 13.6. The van der Waals surface area contributed by atoms with E-state index in [1.54, 1.807) is 4.90 Å². The molecule has 0 bridgehead atoms. The number of amides is 1. The topological polar surface area (TPSA) is 75.0 Å². The van der Waals surface area contributed by atoms with Crippen LogP contribution in [0.4, 0.5) is 5.69 Å². The number of rotatable bonds is 3. The summed E-state index contributed by atoms with van der Waals surface area (Å²) in [5, 5.41) is 5.75. The van der Waals surface area contributed by atoms with Crippen molar-refractivity contribution in [2.45, 2.75) is 19.3 Å². The molecule has 1 saturated heterocycles. The van der Waals surface area contributed by atoms with Crippen LogP contribution in [0.15, 0.2) is 53.2 Å². The van der Waals surface area contributed by atoms with Crippen LogP contribution in [0.25, 0.3) is 22.4 Å².